The highest BCUT2D eigenvalue weighted by Crippen LogP contribution is 2.25. The fraction of sp³-hybridized carbons (Fsp3) is 0.583. The summed E-state index contributed by atoms with van der Waals surface area (Å²) < 4.78 is 2.37. The molecule has 27 heavy (non-hydrogen) atoms. The molecule has 1 N–H and O–H groups in total. The molecule has 0 bridgehead atoms. The first kappa shape index (κ1) is 20.2. The molecule has 1 saturated carbocycles. The summed E-state index contributed by atoms with van der Waals surface area (Å²) in [5, 5.41) is 10.3. The van der Waals surface area contributed by atoms with E-state index in [9.17, 15) is 5.11 Å². The number of hydrogen-bond acceptors (Lipinski definition) is 2. The van der Waals surface area contributed by atoms with Crippen molar-refractivity contribution in [2.45, 2.75) is 71.6 Å². The van der Waals surface area contributed by atoms with Gasteiger partial charge < -0.3 is 9.67 Å². The lowest BCUT2D eigenvalue weighted by Gasteiger charge is -2.31. The van der Waals surface area contributed by atoms with E-state index in [1.54, 1.807) is 0 Å². The van der Waals surface area contributed by atoms with Gasteiger partial charge in [-0.05, 0) is 55.4 Å². The molecule has 1 fully saturated rings. The third-order valence-corrected chi connectivity index (χ3v) is 6.09. The van der Waals surface area contributed by atoms with Crippen molar-refractivity contribution in [2.75, 3.05) is 13.1 Å². The number of aliphatic hydroxyl groups is 1. The molecule has 1 aliphatic rings. The lowest BCUT2D eigenvalue weighted by Crippen LogP contribution is -2.36. The molecule has 148 valence electrons. The van der Waals surface area contributed by atoms with E-state index in [1.165, 1.54) is 48.9 Å². The van der Waals surface area contributed by atoms with E-state index in [0.717, 1.165) is 38.5 Å². The van der Waals surface area contributed by atoms with Gasteiger partial charge in [-0.2, -0.15) is 0 Å². The highest BCUT2D eigenvalue weighted by atomic mass is 16.3. The Hall–Kier alpha value is -1.58. The Morgan fingerprint density at radius 3 is 2.63 bits per heavy atom. The first-order chi connectivity index (χ1) is 13.2. The largest absolute Gasteiger partial charge is 0.392 e. The van der Waals surface area contributed by atoms with Crippen LogP contribution in [0.15, 0.2) is 42.6 Å². The van der Waals surface area contributed by atoms with Crippen molar-refractivity contribution < 1.29 is 5.11 Å². The molecule has 3 rings (SSSR count). The average Bonchev–Trinajstić information content (AvgIpc) is 3.11. The maximum absolute atomic E-state index is 10.3. The van der Waals surface area contributed by atoms with Gasteiger partial charge in [0.25, 0.3) is 0 Å². The van der Waals surface area contributed by atoms with E-state index in [0.29, 0.717) is 0 Å². The minimum atomic E-state index is -0.228. The summed E-state index contributed by atoms with van der Waals surface area (Å²) in [4.78, 5) is 2.49. The standard InChI is InChI=1S/C24H36N2O/c1-3-24(27)19-25(16-21-11-5-4-6-12-21)18-23-14-9-15-26(23)17-22-13-8-7-10-20(22)2/h7-10,13-15,21,24,27H,3-6,11-12,16-19H2,1-2H3/t24-/m1/s1. The van der Waals surface area contributed by atoms with Crippen LogP contribution in [0.2, 0.25) is 0 Å². The molecular weight excluding hydrogens is 332 g/mol. The maximum Gasteiger partial charge on any atom is 0.0664 e. The van der Waals surface area contributed by atoms with Gasteiger partial charge in [0.2, 0.25) is 0 Å². The predicted molar refractivity (Wildman–Crippen MR) is 113 cm³/mol. The molecule has 0 amide bonds. The topological polar surface area (TPSA) is 28.4 Å². The Morgan fingerprint density at radius 2 is 1.89 bits per heavy atom. The first-order valence-corrected chi connectivity index (χ1v) is 10.7. The molecule has 0 aliphatic heterocycles. The molecule has 1 heterocycles. The van der Waals surface area contributed by atoms with Crippen LogP contribution in [0.4, 0.5) is 0 Å². The van der Waals surface area contributed by atoms with Crippen molar-refractivity contribution in [3.63, 3.8) is 0 Å². The summed E-state index contributed by atoms with van der Waals surface area (Å²) in [6, 6.07) is 13.0. The fourth-order valence-electron chi connectivity index (χ4n) is 4.31. The number of benzene rings is 1. The third kappa shape index (κ3) is 5.95. The Morgan fingerprint density at radius 1 is 1.11 bits per heavy atom. The van der Waals surface area contributed by atoms with E-state index in [-0.39, 0.29) is 6.10 Å². The van der Waals surface area contributed by atoms with Crippen molar-refractivity contribution >= 4 is 0 Å². The number of rotatable bonds is 9. The van der Waals surface area contributed by atoms with Crippen LogP contribution in [-0.4, -0.2) is 33.8 Å². The van der Waals surface area contributed by atoms with Gasteiger partial charge in [-0.1, -0.05) is 50.5 Å². The van der Waals surface area contributed by atoms with E-state index in [4.69, 9.17) is 0 Å². The van der Waals surface area contributed by atoms with Crippen molar-refractivity contribution in [3.8, 4) is 0 Å². The van der Waals surface area contributed by atoms with Crippen LogP contribution in [0.1, 0.15) is 62.3 Å². The summed E-state index contributed by atoms with van der Waals surface area (Å²) in [5.41, 5.74) is 4.07. The SMILES string of the molecule is CC[C@@H](O)CN(Cc1cccn1Cc1ccccc1C)CC1CCCCC1. The minimum absolute atomic E-state index is 0.228. The molecule has 0 saturated heterocycles. The van der Waals surface area contributed by atoms with Gasteiger partial charge >= 0.3 is 0 Å². The second-order valence-electron chi connectivity index (χ2n) is 8.31. The maximum atomic E-state index is 10.3. The summed E-state index contributed by atoms with van der Waals surface area (Å²) in [7, 11) is 0. The van der Waals surface area contributed by atoms with Crippen molar-refractivity contribution in [1.82, 2.24) is 9.47 Å². The summed E-state index contributed by atoms with van der Waals surface area (Å²) in [5.74, 6) is 0.794. The van der Waals surface area contributed by atoms with E-state index in [2.05, 4.69) is 65.9 Å². The molecule has 1 atom stereocenters. The number of nitrogens with zero attached hydrogens (tertiary/aromatic N) is 2. The van der Waals surface area contributed by atoms with E-state index >= 15 is 0 Å². The van der Waals surface area contributed by atoms with Crippen molar-refractivity contribution in [3.05, 3.63) is 59.4 Å². The molecule has 1 aromatic heterocycles. The van der Waals surface area contributed by atoms with E-state index < -0.39 is 0 Å². The van der Waals surface area contributed by atoms with Gasteiger partial charge in [0, 0.05) is 38.1 Å². The summed E-state index contributed by atoms with van der Waals surface area (Å²) >= 11 is 0. The smallest absolute Gasteiger partial charge is 0.0664 e. The highest BCUT2D eigenvalue weighted by molar-refractivity contribution is 5.26. The summed E-state index contributed by atoms with van der Waals surface area (Å²) in [6.45, 7) is 8.00. The van der Waals surface area contributed by atoms with Crippen LogP contribution in [0.5, 0.6) is 0 Å². The minimum Gasteiger partial charge on any atom is -0.392 e. The third-order valence-electron chi connectivity index (χ3n) is 6.09. The van der Waals surface area contributed by atoms with Crippen LogP contribution in [0, 0.1) is 12.8 Å². The predicted octanol–water partition coefficient (Wildman–Crippen LogP) is 5.00. The molecular formula is C24H36N2O. The Kier molecular flexibility index (Phi) is 7.54. The van der Waals surface area contributed by atoms with Crippen LogP contribution in [-0.2, 0) is 13.1 Å². The summed E-state index contributed by atoms with van der Waals surface area (Å²) in [6.07, 6.45) is 9.63. The van der Waals surface area contributed by atoms with Crippen LogP contribution >= 0.6 is 0 Å². The van der Waals surface area contributed by atoms with Gasteiger partial charge in [-0.25, -0.2) is 0 Å². The van der Waals surface area contributed by atoms with Gasteiger partial charge in [-0.15, -0.1) is 0 Å². The van der Waals surface area contributed by atoms with Gasteiger partial charge in [0.1, 0.15) is 0 Å². The van der Waals surface area contributed by atoms with Crippen LogP contribution in [0.3, 0.4) is 0 Å². The number of aromatic nitrogens is 1. The Bertz CT molecular complexity index is 687. The molecule has 0 radical (unpaired) electrons. The molecule has 0 spiro atoms. The van der Waals surface area contributed by atoms with Crippen molar-refractivity contribution in [1.29, 1.82) is 0 Å². The van der Waals surface area contributed by atoms with Gasteiger partial charge in [0.15, 0.2) is 0 Å². The second-order valence-corrected chi connectivity index (χ2v) is 8.31. The molecule has 0 unspecified atom stereocenters. The van der Waals surface area contributed by atoms with Crippen molar-refractivity contribution in [2.24, 2.45) is 5.92 Å². The normalized spacial score (nSPS) is 16.7. The molecule has 3 nitrogen and oxygen atoms in total. The first-order valence-electron chi connectivity index (χ1n) is 10.7. The zero-order valence-electron chi connectivity index (χ0n) is 17.1. The van der Waals surface area contributed by atoms with Gasteiger partial charge in [-0.3, -0.25) is 4.90 Å². The average molecular weight is 369 g/mol. The fourth-order valence-corrected chi connectivity index (χ4v) is 4.31. The number of hydrogen-bond donors (Lipinski definition) is 1. The lowest BCUT2D eigenvalue weighted by molar-refractivity contribution is 0.0889. The lowest BCUT2D eigenvalue weighted by atomic mass is 9.89. The Labute approximate surface area is 165 Å². The zero-order chi connectivity index (χ0) is 19.1. The second kappa shape index (κ2) is 10.1. The quantitative estimate of drug-likeness (QED) is 0.675. The monoisotopic (exact) mass is 368 g/mol. The van der Waals surface area contributed by atoms with Crippen LogP contribution < -0.4 is 0 Å². The zero-order valence-corrected chi connectivity index (χ0v) is 17.1. The number of aryl methyl sites for hydroxylation is 1. The van der Waals surface area contributed by atoms with Gasteiger partial charge in [0.05, 0.1) is 6.10 Å². The molecule has 1 aliphatic carbocycles. The molecule has 3 heteroatoms. The van der Waals surface area contributed by atoms with E-state index in [1.807, 2.05) is 0 Å². The number of aliphatic hydroxyl groups excluding tert-OH is 1. The Balaban J connectivity index is 1.69. The van der Waals surface area contributed by atoms with Crippen LogP contribution in [0.25, 0.3) is 0 Å². The highest BCUT2D eigenvalue weighted by Gasteiger charge is 2.20. The molecule has 1 aromatic carbocycles. The molecule has 2 aromatic rings.